The molecule has 5 heteroatoms. The van der Waals surface area contributed by atoms with Crippen LogP contribution in [0.5, 0.6) is 0 Å². The van der Waals surface area contributed by atoms with Crippen molar-refractivity contribution in [1.82, 2.24) is 15.5 Å². The highest BCUT2D eigenvalue weighted by Gasteiger charge is 2.43. The fourth-order valence-corrected chi connectivity index (χ4v) is 5.23. The minimum absolute atomic E-state index is 0.204. The van der Waals surface area contributed by atoms with Crippen molar-refractivity contribution in [3.05, 3.63) is 0 Å². The van der Waals surface area contributed by atoms with Crippen LogP contribution in [-0.2, 0) is 9.53 Å². The molecule has 1 saturated carbocycles. The topological polar surface area (TPSA) is 53.6 Å². The first-order valence-corrected chi connectivity index (χ1v) is 10.4. The molecular weight excluding hydrogens is 314 g/mol. The van der Waals surface area contributed by atoms with E-state index in [1.165, 1.54) is 64.5 Å². The molecule has 0 aromatic rings. The third-order valence-electron chi connectivity index (χ3n) is 6.85. The maximum Gasteiger partial charge on any atom is 0.228 e. The van der Waals surface area contributed by atoms with Crippen molar-refractivity contribution >= 4 is 5.91 Å². The third-order valence-corrected chi connectivity index (χ3v) is 6.85. The molecule has 2 N–H and O–H groups in total. The van der Waals surface area contributed by atoms with E-state index in [9.17, 15) is 4.79 Å². The Morgan fingerprint density at radius 3 is 2.28 bits per heavy atom. The van der Waals surface area contributed by atoms with Gasteiger partial charge in [0.25, 0.3) is 0 Å². The van der Waals surface area contributed by atoms with Gasteiger partial charge in [0.15, 0.2) is 0 Å². The van der Waals surface area contributed by atoms with Gasteiger partial charge in [-0.1, -0.05) is 25.7 Å². The summed E-state index contributed by atoms with van der Waals surface area (Å²) in [5, 5.41) is 6.77. The van der Waals surface area contributed by atoms with Gasteiger partial charge in [0.05, 0.1) is 12.0 Å². The average molecular weight is 352 g/mol. The van der Waals surface area contributed by atoms with Crippen LogP contribution in [0, 0.1) is 5.41 Å². The molecular formula is C20H37N3O2. The van der Waals surface area contributed by atoms with Crippen molar-refractivity contribution in [3.8, 4) is 0 Å². The van der Waals surface area contributed by atoms with Gasteiger partial charge in [0, 0.05) is 19.2 Å². The number of carbonyl (C=O) groups excluding carboxylic acids is 1. The third kappa shape index (κ3) is 4.37. The smallest absolute Gasteiger partial charge is 0.228 e. The summed E-state index contributed by atoms with van der Waals surface area (Å²) in [6.07, 6.45) is 12.2. The molecule has 0 aromatic carbocycles. The van der Waals surface area contributed by atoms with E-state index in [0.29, 0.717) is 6.61 Å². The Kier molecular flexibility index (Phi) is 6.75. The van der Waals surface area contributed by atoms with Crippen LogP contribution in [-0.4, -0.2) is 62.8 Å². The zero-order valence-electron chi connectivity index (χ0n) is 16.1. The van der Waals surface area contributed by atoms with Gasteiger partial charge in [-0.25, -0.2) is 0 Å². The number of methoxy groups -OCH3 is 1. The molecule has 0 aromatic heterocycles. The molecule has 0 atom stereocenters. The summed E-state index contributed by atoms with van der Waals surface area (Å²) in [7, 11) is 1.72. The summed E-state index contributed by atoms with van der Waals surface area (Å²) in [4.78, 5) is 15.8. The Bertz CT molecular complexity index is 417. The van der Waals surface area contributed by atoms with Gasteiger partial charge in [0.2, 0.25) is 5.91 Å². The highest BCUT2D eigenvalue weighted by molar-refractivity contribution is 5.83. The fourth-order valence-electron chi connectivity index (χ4n) is 5.23. The molecule has 5 nitrogen and oxygen atoms in total. The van der Waals surface area contributed by atoms with Crippen LogP contribution in [0.1, 0.15) is 64.2 Å². The van der Waals surface area contributed by atoms with Gasteiger partial charge >= 0.3 is 0 Å². The number of hydrogen-bond donors (Lipinski definition) is 2. The molecule has 2 aliphatic heterocycles. The normalized spacial score (nSPS) is 26.9. The maximum absolute atomic E-state index is 13.1. The first kappa shape index (κ1) is 19.1. The number of likely N-dealkylation sites (tertiary alicyclic amines) is 1. The van der Waals surface area contributed by atoms with E-state index in [1.54, 1.807) is 7.11 Å². The van der Waals surface area contributed by atoms with Gasteiger partial charge in [-0.05, 0) is 64.7 Å². The summed E-state index contributed by atoms with van der Waals surface area (Å²) in [6, 6.07) is 0. The molecule has 0 spiro atoms. The predicted octanol–water partition coefficient (Wildman–Crippen LogP) is 2.31. The highest BCUT2D eigenvalue weighted by Crippen LogP contribution is 2.36. The first-order chi connectivity index (χ1) is 12.2. The van der Waals surface area contributed by atoms with E-state index < -0.39 is 0 Å². The number of nitrogens with one attached hydrogen (secondary N) is 2. The number of amides is 1. The zero-order valence-corrected chi connectivity index (χ0v) is 16.1. The summed E-state index contributed by atoms with van der Waals surface area (Å²) < 4.78 is 5.44. The predicted molar refractivity (Wildman–Crippen MR) is 101 cm³/mol. The second-order valence-corrected chi connectivity index (χ2v) is 8.48. The number of ether oxygens (including phenoxy) is 1. The first-order valence-electron chi connectivity index (χ1n) is 10.4. The molecule has 2 saturated heterocycles. The second-order valence-electron chi connectivity index (χ2n) is 8.48. The van der Waals surface area contributed by atoms with Crippen molar-refractivity contribution < 1.29 is 9.53 Å². The van der Waals surface area contributed by atoms with Crippen molar-refractivity contribution in [2.45, 2.75) is 69.7 Å². The van der Waals surface area contributed by atoms with E-state index in [4.69, 9.17) is 4.74 Å². The Hall–Kier alpha value is -0.650. The Labute approximate surface area is 153 Å². The largest absolute Gasteiger partial charge is 0.384 e. The molecule has 3 rings (SSSR count). The monoisotopic (exact) mass is 351 g/mol. The van der Waals surface area contributed by atoms with Gasteiger partial charge in [0.1, 0.15) is 0 Å². The fraction of sp³-hybridized carbons (Fsp3) is 0.950. The quantitative estimate of drug-likeness (QED) is 0.771. The summed E-state index contributed by atoms with van der Waals surface area (Å²) in [6.45, 7) is 5.61. The molecule has 0 bridgehead atoms. The van der Waals surface area contributed by atoms with Crippen LogP contribution in [0.25, 0.3) is 0 Å². The van der Waals surface area contributed by atoms with E-state index >= 15 is 0 Å². The van der Waals surface area contributed by atoms with Crippen LogP contribution in [0.15, 0.2) is 0 Å². The molecule has 1 amide bonds. The molecule has 2 heterocycles. The van der Waals surface area contributed by atoms with Crippen LogP contribution >= 0.6 is 0 Å². The van der Waals surface area contributed by atoms with Gasteiger partial charge in [-0.2, -0.15) is 0 Å². The molecule has 1 aliphatic carbocycles. The van der Waals surface area contributed by atoms with Crippen molar-refractivity contribution in [3.63, 3.8) is 0 Å². The molecule has 3 fully saturated rings. The van der Waals surface area contributed by atoms with Gasteiger partial charge in [-0.3, -0.25) is 9.69 Å². The van der Waals surface area contributed by atoms with Crippen molar-refractivity contribution in [2.24, 2.45) is 5.41 Å². The van der Waals surface area contributed by atoms with E-state index in [1.807, 2.05) is 0 Å². The van der Waals surface area contributed by atoms with Crippen LogP contribution in [0.2, 0.25) is 0 Å². The average Bonchev–Trinajstić information content (AvgIpc) is 2.68. The lowest BCUT2D eigenvalue weighted by molar-refractivity contribution is -0.137. The summed E-state index contributed by atoms with van der Waals surface area (Å²) in [5.41, 5.74) is -0.132. The highest BCUT2D eigenvalue weighted by atomic mass is 16.5. The van der Waals surface area contributed by atoms with Crippen molar-refractivity contribution in [2.75, 3.05) is 46.4 Å². The zero-order chi connectivity index (χ0) is 17.6. The van der Waals surface area contributed by atoms with Crippen LogP contribution < -0.4 is 10.6 Å². The Balaban J connectivity index is 1.66. The van der Waals surface area contributed by atoms with Gasteiger partial charge < -0.3 is 15.4 Å². The molecule has 0 radical (unpaired) electrons. The lowest BCUT2D eigenvalue weighted by Crippen LogP contribution is -2.60. The summed E-state index contributed by atoms with van der Waals surface area (Å²) >= 11 is 0. The van der Waals surface area contributed by atoms with Gasteiger partial charge in [-0.15, -0.1) is 0 Å². The van der Waals surface area contributed by atoms with Crippen LogP contribution in [0.4, 0.5) is 0 Å². The Morgan fingerprint density at radius 1 is 1.00 bits per heavy atom. The molecule has 3 aliphatic rings. The summed E-state index contributed by atoms with van der Waals surface area (Å²) in [5.74, 6) is 0.220. The number of piperidine rings is 2. The van der Waals surface area contributed by atoms with E-state index in [2.05, 4.69) is 15.5 Å². The van der Waals surface area contributed by atoms with Crippen LogP contribution in [0.3, 0.4) is 0 Å². The molecule has 144 valence electrons. The van der Waals surface area contributed by atoms with E-state index in [0.717, 1.165) is 32.5 Å². The minimum atomic E-state index is -0.336. The van der Waals surface area contributed by atoms with E-state index in [-0.39, 0.29) is 16.9 Å². The maximum atomic E-state index is 13.1. The number of nitrogens with zero attached hydrogens (tertiary/aromatic N) is 1. The molecule has 25 heavy (non-hydrogen) atoms. The second kappa shape index (κ2) is 8.83. The number of carbonyl (C=O) groups is 1. The SMILES string of the molecule is COCC1(C(=O)NCC2(N3CCCCC3)CCCCC2)CCNCC1. The lowest BCUT2D eigenvalue weighted by Gasteiger charge is -2.49. The molecule has 0 unspecified atom stereocenters. The lowest BCUT2D eigenvalue weighted by atomic mass is 9.77. The number of hydrogen-bond acceptors (Lipinski definition) is 4. The Morgan fingerprint density at radius 2 is 1.64 bits per heavy atom. The number of rotatable bonds is 6. The van der Waals surface area contributed by atoms with Crippen molar-refractivity contribution in [1.29, 1.82) is 0 Å². The standard InChI is InChI=1S/C20H37N3O2/c1-25-17-19(10-12-21-13-11-19)18(24)22-16-20(8-4-2-5-9-20)23-14-6-3-7-15-23/h21H,2-17H2,1H3,(H,22,24). The minimum Gasteiger partial charge on any atom is -0.384 e.